The lowest BCUT2D eigenvalue weighted by molar-refractivity contribution is -0.147. The average Bonchev–Trinajstić information content (AvgIpc) is 2.84. The maximum Gasteiger partial charge on any atom is 0.331 e. The van der Waals surface area contributed by atoms with Gasteiger partial charge in [0.2, 0.25) is 11.6 Å². The van der Waals surface area contributed by atoms with Crippen LogP contribution in [-0.2, 0) is 39.7 Å². The molecule has 3 aromatic carbocycles. The molecule has 0 spiro atoms. The summed E-state index contributed by atoms with van der Waals surface area (Å²) >= 11 is 0. The number of halogens is 4. The number of carbonyl (C=O) groups excluding carboxylic acids is 2. The molecule has 0 heterocycles. The van der Waals surface area contributed by atoms with Gasteiger partial charge in [-0.3, -0.25) is 9.59 Å². The number of benzene rings is 3. The van der Waals surface area contributed by atoms with E-state index >= 15 is 8.78 Å². The molecule has 0 amide bonds. The van der Waals surface area contributed by atoms with Crippen molar-refractivity contribution in [3.8, 4) is 0 Å². The average molecular weight is 485 g/mol. The summed E-state index contributed by atoms with van der Waals surface area (Å²) in [5, 5.41) is 0. The fourth-order valence-electron chi connectivity index (χ4n) is 4.03. The van der Waals surface area contributed by atoms with Crippen molar-refractivity contribution in [3.63, 3.8) is 0 Å². The summed E-state index contributed by atoms with van der Waals surface area (Å²) in [4.78, 5) is 23.9. The summed E-state index contributed by atoms with van der Waals surface area (Å²) in [6.07, 6.45) is 0.295. The van der Waals surface area contributed by atoms with Gasteiger partial charge in [0.25, 0.3) is 0 Å². The van der Waals surface area contributed by atoms with Gasteiger partial charge >= 0.3 is 11.8 Å². The van der Waals surface area contributed by atoms with Gasteiger partial charge in [0.15, 0.2) is 0 Å². The minimum atomic E-state index is -4.19. The van der Waals surface area contributed by atoms with Crippen LogP contribution < -0.4 is 0 Å². The molecule has 0 aliphatic heterocycles. The zero-order valence-electron chi connectivity index (χ0n) is 20.2. The summed E-state index contributed by atoms with van der Waals surface area (Å²) in [6, 6.07) is 18.8. The summed E-state index contributed by atoms with van der Waals surface area (Å²) < 4.78 is 58.7. The Bertz CT molecular complexity index is 1210. The minimum Gasteiger partial charge on any atom is -0.293 e. The monoisotopic (exact) mass is 484 g/mol. The molecule has 0 fully saturated rings. The highest BCUT2D eigenvalue weighted by Crippen LogP contribution is 2.40. The molecular weight excluding hydrogens is 456 g/mol. The highest BCUT2D eigenvalue weighted by Gasteiger charge is 2.48. The first kappa shape index (κ1) is 26.3. The molecule has 0 saturated carbocycles. The summed E-state index contributed by atoms with van der Waals surface area (Å²) in [5.74, 6) is -11.4. The molecule has 0 unspecified atom stereocenters. The Morgan fingerprint density at radius 1 is 0.686 bits per heavy atom. The van der Waals surface area contributed by atoms with E-state index in [-0.39, 0.29) is 5.41 Å². The molecule has 3 rings (SSSR count). The quantitative estimate of drug-likeness (QED) is 0.302. The molecule has 0 saturated heterocycles. The molecular formula is C29H28F4O2. The number of rotatable bonds is 9. The van der Waals surface area contributed by atoms with E-state index in [4.69, 9.17) is 0 Å². The lowest BCUT2D eigenvalue weighted by Gasteiger charge is -2.27. The van der Waals surface area contributed by atoms with Crippen LogP contribution in [-0.4, -0.2) is 11.6 Å². The van der Waals surface area contributed by atoms with Crippen LogP contribution in [0.4, 0.5) is 17.6 Å². The number of carbonyl (C=O) groups is 2. The van der Waals surface area contributed by atoms with Gasteiger partial charge in [-0.25, -0.2) is 0 Å². The normalized spacial score (nSPS) is 12.5. The Balaban J connectivity index is 1.84. The van der Waals surface area contributed by atoms with Crippen molar-refractivity contribution in [1.29, 1.82) is 0 Å². The maximum atomic E-state index is 15.0. The van der Waals surface area contributed by atoms with Gasteiger partial charge in [0.1, 0.15) is 0 Å². The summed E-state index contributed by atoms with van der Waals surface area (Å²) in [5.41, 5.74) is 0.934. The smallest absolute Gasteiger partial charge is 0.293 e. The van der Waals surface area contributed by atoms with Crippen LogP contribution in [0.3, 0.4) is 0 Å². The second-order valence-electron chi connectivity index (χ2n) is 9.22. The molecule has 0 radical (unpaired) electrons. The van der Waals surface area contributed by atoms with Gasteiger partial charge in [0.05, 0.1) is 0 Å². The molecule has 35 heavy (non-hydrogen) atoms. The second kappa shape index (κ2) is 9.76. The number of hydrogen-bond acceptors (Lipinski definition) is 2. The van der Waals surface area contributed by atoms with Crippen molar-refractivity contribution in [1.82, 2.24) is 0 Å². The zero-order chi connectivity index (χ0) is 26.0. The molecule has 0 aliphatic rings. The third-order valence-electron chi connectivity index (χ3n) is 6.52. The van der Waals surface area contributed by atoms with Gasteiger partial charge in [-0.15, -0.1) is 0 Å². The molecule has 184 valence electrons. The SMILES string of the molecule is CCc1ccc(C(C)(C)c2ccc(CC(=O)C(F)(F)c3ccccc3C(F)(F)C(C)=O)cc2)cc1. The number of ketones is 2. The Morgan fingerprint density at radius 3 is 1.54 bits per heavy atom. The van der Waals surface area contributed by atoms with Crippen LogP contribution >= 0.6 is 0 Å². The fourth-order valence-corrected chi connectivity index (χ4v) is 4.03. The molecule has 3 aromatic rings. The molecule has 2 nitrogen and oxygen atoms in total. The number of Topliss-reactive ketones (excluding diaryl/α,β-unsaturated/α-hetero) is 2. The predicted molar refractivity (Wildman–Crippen MR) is 128 cm³/mol. The molecule has 0 aliphatic carbocycles. The van der Waals surface area contributed by atoms with E-state index in [9.17, 15) is 18.4 Å². The Kier molecular flexibility index (Phi) is 7.34. The van der Waals surface area contributed by atoms with Crippen LogP contribution in [0.15, 0.2) is 72.8 Å². The lowest BCUT2D eigenvalue weighted by atomic mass is 9.77. The van der Waals surface area contributed by atoms with Crippen molar-refractivity contribution in [2.24, 2.45) is 0 Å². The molecule has 0 aromatic heterocycles. The Labute approximate surface area is 203 Å². The molecule has 6 heteroatoms. The van der Waals surface area contributed by atoms with Crippen molar-refractivity contribution in [2.75, 3.05) is 0 Å². The first-order valence-corrected chi connectivity index (χ1v) is 11.4. The van der Waals surface area contributed by atoms with Crippen molar-refractivity contribution in [2.45, 2.75) is 57.8 Å². The third kappa shape index (κ3) is 5.21. The van der Waals surface area contributed by atoms with E-state index < -0.39 is 41.0 Å². The van der Waals surface area contributed by atoms with Crippen molar-refractivity contribution >= 4 is 11.6 Å². The van der Waals surface area contributed by atoms with Crippen molar-refractivity contribution < 1.29 is 27.2 Å². The van der Waals surface area contributed by atoms with Gasteiger partial charge in [-0.2, -0.15) is 17.6 Å². The van der Waals surface area contributed by atoms with E-state index in [1.807, 2.05) is 13.8 Å². The topological polar surface area (TPSA) is 34.1 Å². The van der Waals surface area contributed by atoms with Crippen molar-refractivity contribution in [3.05, 3.63) is 106 Å². The van der Waals surface area contributed by atoms with E-state index in [0.29, 0.717) is 12.5 Å². The summed E-state index contributed by atoms with van der Waals surface area (Å²) in [6.45, 7) is 6.80. The first-order chi connectivity index (χ1) is 16.3. The van der Waals surface area contributed by atoms with Gasteiger partial charge < -0.3 is 0 Å². The molecule has 0 N–H and O–H groups in total. The highest BCUT2D eigenvalue weighted by atomic mass is 19.3. The lowest BCUT2D eigenvalue weighted by Crippen LogP contribution is -2.33. The number of alkyl halides is 4. The molecule has 0 atom stereocenters. The fraction of sp³-hybridized carbons (Fsp3) is 0.310. The van der Waals surface area contributed by atoms with Gasteiger partial charge in [0, 0.05) is 29.9 Å². The van der Waals surface area contributed by atoms with E-state index in [1.54, 1.807) is 24.3 Å². The second-order valence-corrected chi connectivity index (χ2v) is 9.22. The van der Waals surface area contributed by atoms with Crippen LogP contribution in [0, 0.1) is 0 Å². The van der Waals surface area contributed by atoms with Crippen LogP contribution in [0.2, 0.25) is 0 Å². The van der Waals surface area contributed by atoms with Gasteiger partial charge in [-0.1, -0.05) is 93.6 Å². The van der Waals surface area contributed by atoms with E-state index in [2.05, 4.69) is 31.2 Å². The summed E-state index contributed by atoms with van der Waals surface area (Å²) in [7, 11) is 0. The molecule has 0 bridgehead atoms. The Hall–Kier alpha value is -3.28. The highest BCUT2D eigenvalue weighted by molar-refractivity contribution is 5.91. The standard InChI is InChI=1S/C29H28F4O2/c1-5-20-10-14-22(15-11-20)27(3,4)23-16-12-21(13-17-23)18-26(35)29(32,33)25-9-7-6-8-24(25)28(30,31)19(2)34/h6-17H,5,18H2,1-4H3. The van der Waals surface area contributed by atoms with E-state index in [0.717, 1.165) is 41.8 Å². The zero-order valence-corrected chi connectivity index (χ0v) is 20.2. The minimum absolute atomic E-state index is 0.339. The van der Waals surface area contributed by atoms with Crippen LogP contribution in [0.5, 0.6) is 0 Å². The van der Waals surface area contributed by atoms with Crippen LogP contribution in [0.1, 0.15) is 61.1 Å². The maximum absolute atomic E-state index is 15.0. The predicted octanol–water partition coefficient (Wildman–Crippen LogP) is 7.16. The van der Waals surface area contributed by atoms with Crippen LogP contribution in [0.25, 0.3) is 0 Å². The van der Waals surface area contributed by atoms with Gasteiger partial charge in [-0.05, 0) is 28.7 Å². The Morgan fingerprint density at radius 2 is 1.11 bits per heavy atom. The largest absolute Gasteiger partial charge is 0.331 e. The number of hydrogen-bond donors (Lipinski definition) is 0. The third-order valence-corrected chi connectivity index (χ3v) is 6.52. The first-order valence-electron chi connectivity index (χ1n) is 11.4. The number of aryl methyl sites for hydroxylation is 1. The van der Waals surface area contributed by atoms with E-state index in [1.165, 1.54) is 5.56 Å².